The lowest BCUT2D eigenvalue weighted by atomic mass is 10.2. The summed E-state index contributed by atoms with van der Waals surface area (Å²) in [4.78, 5) is 21.7. The molecule has 1 atom stereocenters. The number of carboxylic acid groups (broad SMARTS) is 2. The second-order valence-corrected chi connectivity index (χ2v) is 4.71. The topological polar surface area (TPSA) is 107 Å². The zero-order chi connectivity index (χ0) is 14.4. The van der Waals surface area contributed by atoms with Gasteiger partial charge in [0.2, 0.25) is 0 Å². The number of thioether (sulfide) groups is 1. The predicted molar refractivity (Wildman–Crippen MR) is 72.2 cm³/mol. The molecule has 6 nitrogen and oxygen atoms in total. The van der Waals surface area contributed by atoms with Crippen LogP contribution in [0.5, 0.6) is 5.75 Å². The summed E-state index contributed by atoms with van der Waals surface area (Å²) in [7, 11) is 0. The fourth-order valence-corrected chi connectivity index (χ4v) is 2.22. The van der Waals surface area contributed by atoms with Crippen LogP contribution >= 0.6 is 11.8 Å². The van der Waals surface area contributed by atoms with E-state index in [9.17, 15) is 14.7 Å². The van der Waals surface area contributed by atoms with E-state index in [0.717, 1.165) is 11.8 Å². The highest BCUT2D eigenvalue weighted by Crippen LogP contribution is 2.31. The van der Waals surface area contributed by atoms with Crippen LogP contribution in [-0.2, 0) is 4.79 Å². The quantitative estimate of drug-likeness (QED) is 0.634. The largest absolute Gasteiger partial charge is 0.507 e. The van der Waals surface area contributed by atoms with Crippen LogP contribution in [-0.4, -0.2) is 39.2 Å². The van der Waals surface area contributed by atoms with Gasteiger partial charge in [-0.3, -0.25) is 0 Å². The molecule has 0 fully saturated rings. The molecule has 1 aromatic rings. The lowest BCUT2D eigenvalue weighted by molar-refractivity contribution is -0.138. The molecule has 0 heterocycles. The summed E-state index contributed by atoms with van der Waals surface area (Å²) in [6.45, 7) is 3.73. The molecule has 1 aromatic carbocycles. The molecule has 0 aliphatic carbocycles. The number of phenols is 1. The molecule has 0 aromatic heterocycles. The minimum Gasteiger partial charge on any atom is -0.507 e. The van der Waals surface area contributed by atoms with E-state index >= 15 is 0 Å². The Morgan fingerprint density at radius 1 is 1.32 bits per heavy atom. The highest BCUT2D eigenvalue weighted by Gasteiger charge is 2.20. The van der Waals surface area contributed by atoms with Crippen LogP contribution in [0.2, 0.25) is 0 Å². The molecule has 102 valence electrons. The Labute approximate surface area is 113 Å². The van der Waals surface area contributed by atoms with Crippen molar-refractivity contribution in [2.24, 2.45) is 0 Å². The Morgan fingerprint density at radius 2 is 1.95 bits per heavy atom. The Morgan fingerprint density at radius 3 is 2.47 bits per heavy atom. The summed E-state index contributed by atoms with van der Waals surface area (Å²) in [6, 6.07) is 5.27. The highest BCUT2D eigenvalue weighted by molar-refractivity contribution is 8.08. The third kappa shape index (κ3) is 4.55. The van der Waals surface area contributed by atoms with E-state index in [0.29, 0.717) is 10.5 Å². The van der Waals surface area contributed by atoms with Crippen LogP contribution in [0.1, 0.15) is 5.56 Å². The summed E-state index contributed by atoms with van der Waals surface area (Å²) in [6.07, 6.45) is -1.40. The first-order valence-corrected chi connectivity index (χ1v) is 6.22. The number of nitrogens with one attached hydrogen (secondary N) is 1. The van der Waals surface area contributed by atoms with Crippen LogP contribution in [0.3, 0.4) is 0 Å². The van der Waals surface area contributed by atoms with Gasteiger partial charge in [-0.2, -0.15) is 0 Å². The van der Waals surface area contributed by atoms with Gasteiger partial charge in [0.25, 0.3) is 0 Å². The molecule has 19 heavy (non-hydrogen) atoms. The fourth-order valence-electron chi connectivity index (χ4n) is 1.29. The summed E-state index contributed by atoms with van der Waals surface area (Å²) in [5, 5.41) is 28.8. The second kappa shape index (κ2) is 6.69. The number of rotatable bonds is 6. The van der Waals surface area contributed by atoms with Crippen LogP contribution < -0.4 is 5.32 Å². The number of carboxylic acids is 1. The van der Waals surface area contributed by atoms with Gasteiger partial charge < -0.3 is 20.6 Å². The van der Waals surface area contributed by atoms with Crippen molar-refractivity contribution in [1.29, 1.82) is 0 Å². The van der Waals surface area contributed by atoms with E-state index in [4.69, 9.17) is 10.2 Å². The molecule has 0 saturated heterocycles. The smallest absolute Gasteiger partial charge is 0.405 e. The number of aromatic hydroxyl groups is 1. The average molecular weight is 283 g/mol. The monoisotopic (exact) mass is 283 g/mol. The minimum atomic E-state index is -1.40. The van der Waals surface area contributed by atoms with Gasteiger partial charge in [-0.05, 0) is 6.07 Å². The van der Waals surface area contributed by atoms with E-state index in [2.05, 4.69) is 6.58 Å². The van der Waals surface area contributed by atoms with Crippen molar-refractivity contribution >= 4 is 28.7 Å². The van der Waals surface area contributed by atoms with Gasteiger partial charge >= 0.3 is 12.1 Å². The third-order valence-electron chi connectivity index (χ3n) is 2.22. The molecule has 1 rings (SSSR count). The number of aliphatic carboxylic acids is 1. The maximum atomic E-state index is 10.8. The van der Waals surface area contributed by atoms with Crippen LogP contribution in [0.15, 0.2) is 30.8 Å². The molecule has 0 saturated carbocycles. The van der Waals surface area contributed by atoms with Crippen LogP contribution in [0.25, 0.3) is 4.91 Å². The number of amides is 1. The summed E-state index contributed by atoms with van der Waals surface area (Å²) < 4.78 is 0. The molecule has 0 aliphatic rings. The Kier molecular flexibility index (Phi) is 5.25. The highest BCUT2D eigenvalue weighted by atomic mass is 32.2. The summed E-state index contributed by atoms with van der Waals surface area (Å²) in [5.74, 6) is -1.24. The van der Waals surface area contributed by atoms with Crippen molar-refractivity contribution in [2.75, 3.05) is 5.75 Å². The normalized spacial score (nSPS) is 11.6. The number of phenolic OH excluding ortho intramolecular Hbond substituents is 1. The Balaban J connectivity index is 2.65. The van der Waals surface area contributed by atoms with Gasteiger partial charge in [-0.15, -0.1) is 11.8 Å². The standard InChI is InChI=1S/C12H13NO5S/c1-7(8-4-2-3-5-10(8)14)19-6-9(11(15)16)13-12(17)18/h2-5,9,13-14H,1,6H2,(H,15,16)(H,17,18). The first-order valence-electron chi connectivity index (χ1n) is 5.24. The molecule has 0 bridgehead atoms. The molecule has 0 spiro atoms. The van der Waals surface area contributed by atoms with Crippen LogP contribution in [0.4, 0.5) is 4.79 Å². The summed E-state index contributed by atoms with van der Waals surface area (Å²) >= 11 is 1.06. The molecule has 1 unspecified atom stereocenters. The minimum absolute atomic E-state index is 0.0190. The molecule has 0 radical (unpaired) electrons. The molecular weight excluding hydrogens is 270 g/mol. The van der Waals surface area contributed by atoms with Gasteiger partial charge in [-0.25, -0.2) is 9.59 Å². The second-order valence-electron chi connectivity index (χ2n) is 3.59. The van der Waals surface area contributed by atoms with Crippen molar-refractivity contribution in [3.8, 4) is 5.75 Å². The lowest BCUT2D eigenvalue weighted by Crippen LogP contribution is -2.41. The number of hydrogen-bond acceptors (Lipinski definition) is 4. The van der Waals surface area contributed by atoms with Gasteiger partial charge in [-0.1, -0.05) is 24.8 Å². The average Bonchev–Trinajstić information content (AvgIpc) is 2.34. The van der Waals surface area contributed by atoms with E-state index in [1.807, 2.05) is 5.32 Å². The Bertz CT molecular complexity index is 503. The van der Waals surface area contributed by atoms with Gasteiger partial charge in [0.15, 0.2) is 0 Å². The molecule has 4 N–H and O–H groups in total. The maximum Gasteiger partial charge on any atom is 0.405 e. The SMILES string of the molecule is C=C(SCC(NC(=O)O)C(=O)O)c1ccccc1O. The number of benzene rings is 1. The maximum absolute atomic E-state index is 10.8. The van der Waals surface area contributed by atoms with Crippen molar-refractivity contribution in [3.05, 3.63) is 36.4 Å². The molecule has 7 heteroatoms. The van der Waals surface area contributed by atoms with Crippen molar-refractivity contribution in [1.82, 2.24) is 5.32 Å². The van der Waals surface area contributed by atoms with E-state index in [1.54, 1.807) is 18.2 Å². The molecule has 0 aliphatic heterocycles. The number of carbonyl (C=O) groups is 2. The first-order chi connectivity index (χ1) is 8.91. The molecule has 1 amide bonds. The van der Waals surface area contributed by atoms with Gasteiger partial charge in [0, 0.05) is 16.2 Å². The molecular formula is C12H13NO5S. The summed E-state index contributed by atoms with van der Waals surface area (Å²) in [5.41, 5.74) is 0.493. The van der Waals surface area contributed by atoms with Crippen molar-refractivity contribution in [2.45, 2.75) is 6.04 Å². The van der Waals surface area contributed by atoms with Crippen molar-refractivity contribution < 1.29 is 24.9 Å². The third-order valence-corrected chi connectivity index (χ3v) is 3.29. The lowest BCUT2D eigenvalue weighted by Gasteiger charge is -2.13. The van der Waals surface area contributed by atoms with Crippen molar-refractivity contribution in [3.63, 3.8) is 0 Å². The van der Waals surface area contributed by atoms with E-state index in [-0.39, 0.29) is 11.5 Å². The number of hydrogen-bond donors (Lipinski definition) is 4. The van der Waals surface area contributed by atoms with E-state index in [1.165, 1.54) is 6.07 Å². The van der Waals surface area contributed by atoms with Gasteiger partial charge in [0.1, 0.15) is 11.8 Å². The van der Waals surface area contributed by atoms with Crippen LogP contribution in [0, 0.1) is 0 Å². The zero-order valence-electron chi connectivity index (χ0n) is 9.87. The van der Waals surface area contributed by atoms with E-state index < -0.39 is 18.1 Å². The van der Waals surface area contributed by atoms with Gasteiger partial charge in [0.05, 0.1) is 0 Å². The number of para-hydroxylation sites is 1. The first kappa shape index (κ1) is 14.9. The zero-order valence-corrected chi connectivity index (χ0v) is 10.7. The Hall–Kier alpha value is -2.15. The fraction of sp³-hybridized carbons (Fsp3) is 0.167. The predicted octanol–water partition coefficient (Wildman–Crippen LogP) is 1.82.